The quantitative estimate of drug-likeness (QED) is 0.754. The van der Waals surface area contributed by atoms with E-state index >= 15 is 0 Å². The standard InChI is InChI=1S/C8H7F3N2O2/c9-7(10)6-3(2-5(14)15)1-4(12)8(11)13-6/h1,7H,2,12H2,(H,14,15). The third-order valence-corrected chi connectivity index (χ3v) is 1.66. The molecular formula is C8H7F3N2O2. The van der Waals surface area contributed by atoms with Gasteiger partial charge >= 0.3 is 5.97 Å². The Balaban J connectivity index is 3.21. The average molecular weight is 220 g/mol. The SMILES string of the molecule is Nc1cc(CC(=O)O)c(C(F)F)nc1F. The number of carboxylic acid groups (broad SMARTS) is 1. The van der Waals surface area contributed by atoms with Gasteiger partial charge in [-0.1, -0.05) is 0 Å². The van der Waals surface area contributed by atoms with E-state index in [1.54, 1.807) is 0 Å². The maximum absolute atomic E-state index is 12.7. The molecule has 0 aliphatic rings. The summed E-state index contributed by atoms with van der Waals surface area (Å²) in [7, 11) is 0. The summed E-state index contributed by atoms with van der Waals surface area (Å²) in [5, 5.41) is 8.43. The van der Waals surface area contributed by atoms with E-state index in [-0.39, 0.29) is 5.56 Å². The van der Waals surface area contributed by atoms with E-state index in [1.807, 2.05) is 0 Å². The first-order valence-electron chi connectivity index (χ1n) is 3.86. The zero-order valence-electron chi connectivity index (χ0n) is 7.38. The molecule has 0 fully saturated rings. The molecule has 7 heteroatoms. The van der Waals surface area contributed by atoms with Gasteiger partial charge in [0.25, 0.3) is 6.43 Å². The van der Waals surface area contributed by atoms with Crippen molar-refractivity contribution in [3.63, 3.8) is 0 Å². The van der Waals surface area contributed by atoms with Crippen LogP contribution >= 0.6 is 0 Å². The molecule has 0 atom stereocenters. The molecule has 0 unspecified atom stereocenters. The number of carboxylic acids is 1. The predicted octanol–water partition coefficient (Wildman–Crippen LogP) is 1.37. The molecule has 0 aliphatic heterocycles. The van der Waals surface area contributed by atoms with Crippen molar-refractivity contribution >= 4 is 11.7 Å². The number of aromatic nitrogens is 1. The highest BCUT2D eigenvalue weighted by Crippen LogP contribution is 2.24. The first kappa shape index (κ1) is 11.3. The molecule has 82 valence electrons. The molecule has 0 aliphatic carbocycles. The number of nitrogen functional groups attached to an aromatic ring is 1. The largest absolute Gasteiger partial charge is 0.481 e. The summed E-state index contributed by atoms with van der Waals surface area (Å²) in [4.78, 5) is 13.3. The number of nitrogens with zero attached hydrogens (tertiary/aromatic N) is 1. The summed E-state index contributed by atoms with van der Waals surface area (Å²) in [6, 6.07) is 0.859. The molecule has 4 nitrogen and oxygen atoms in total. The minimum atomic E-state index is -3.03. The summed E-state index contributed by atoms with van der Waals surface area (Å²) in [6.45, 7) is 0. The van der Waals surface area contributed by atoms with Crippen LogP contribution in [0.1, 0.15) is 17.7 Å². The van der Waals surface area contributed by atoms with Gasteiger partial charge in [-0.05, 0) is 11.6 Å². The lowest BCUT2D eigenvalue weighted by Crippen LogP contribution is -2.09. The molecule has 0 saturated heterocycles. The highest BCUT2D eigenvalue weighted by molar-refractivity contribution is 5.71. The van der Waals surface area contributed by atoms with Crippen molar-refractivity contribution in [1.29, 1.82) is 0 Å². The second kappa shape index (κ2) is 4.16. The fourth-order valence-corrected chi connectivity index (χ4v) is 1.06. The van der Waals surface area contributed by atoms with Crippen molar-refractivity contribution in [2.75, 3.05) is 5.73 Å². The minimum absolute atomic E-state index is 0.281. The summed E-state index contributed by atoms with van der Waals surface area (Å²) in [5.41, 5.74) is 3.48. The average Bonchev–Trinajstić information content (AvgIpc) is 2.09. The van der Waals surface area contributed by atoms with E-state index < -0.39 is 36.1 Å². The predicted molar refractivity (Wildman–Crippen MR) is 44.9 cm³/mol. The van der Waals surface area contributed by atoms with E-state index in [4.69, 9.17) is 10.8 Å². The van der Waals surface area contributed by atoms with Crippen LogP contribution in [0.4, 0.5) is 18.9 Å². The maximum atomic E-state index is 12.7. The van der Waals surface area contributed by atoms with Gasteiger partial charge in [0.05, 0.1) is 12.1 Å². The second-order valence-corrected chi connectivity index (χ2v) is 2.78. The zero-order valence-corrected chi connectivity index (χ0v) is 7.38. The third-order valence-electron chi connectivity index (χ3n) is 1.66. The number of anilines is 1. The van der Waals surface area contributed by atoms with E-state index in [0.29, 0.717) is 0 Å². The Morgan fingerprint density at radius 3 is 2.67 bits per heavy atom. The molecule has 3 N–H and O–H groups in total. The number of alkyl halides is 2. The van der Waals surface area contributed by atoms with Gasteiger partial charge in [-0.2, -0.15) is 4.39 Å². The summed E-state index contributed by atoms with van der Waals surface area (Å²) >= 11 is 0. The topological polar surface area (TPSA) is 76.2 Å². The molecule has 1 aromatic rings. The van der Waals surface area contributed by atoms with Crippen LogP contribution in [0.5, 0.6) is 0 Å². The van der Waals surface area contributed by atoms with E-state index in [2.05, 4.69) is 4.98 Å². The number of halogens is 3. The third kappa shape index (κ3) is 2.58. The lowest BCUT2D eigenvalue weighted by atomic mass is 10.1. The van der Waals surface area contributed by atoms with Crippen molar-refractivity contribution in [1.82, 2.24) is 4.98 Å². The number of rotatable bonds is 3. The van der Waals surface area contributed by atoms with Crippen molar-refractivity contribution in [2.45, 2.75) is 12.8 Å². The number of pyridine rings is 1. The smallest absolute Gasteiger partial charge is 0.307 e. The van der Waals surface area contributed by atoms with Gasteiger partial charge in [0, 0.05) is 0 Å². The van der Waals surface area contributed by atoms with Crippen LogP contribution in [-0.2, 0) is 11.2 Å². The van der Waals surface area contributed by atoms with Gasteiger partial charge in [0.15, 0.2) is 0 Å². The van der Waals surface area contributed by atoms with Gasteiger partial charge in [-0.25, -0.2) is 13.8 Å². The molecule has 0 amide bonds. The normalized spacial score (nSPS) is 10.7. The molecule has 0 aromatic carbocycles. The van der Waals surface area contributed by atoms with Crippen LogP contribution in [-0.4, -0.2) is 16.1 Å². The Kier molecular flexibility index (Phi) is 3.13. The van der Waals surface area contributed by atoms with Crippen LogP contribution in [0.3, 0.4) is 0 Å². The van der Waals surface area contributed by atoms with Crippen molar-refractivity contribution in [2.24, 2.45) is 0 Å². The van der Waals surface area contributed by atoms with Gasteiger partial charge in [-0.15, -0.1) is 0 Å². The molecule has 0 bridgehead atoms. The van der Waals surface area contributed by atoms with Crippen molar-refractivity contribution < 1.29 is 23.1 Å². The highest BCUT2D eigenvalue weighted by Gasteiger charge is 2.19. The summed E-state index contributed by atoms with van der Waals surface area (Å²) in [5.74, 6) is -2.54. The van der Waals surface area contributed by atoms with Crippen LogP contribution in [0.2, 0.25) is 0 Å². The van der Waals surface area contributed by atoms with Crippen LogP contribution < -0.4 is 5.73 Å². The van der Waals surface area contributed by atoms with Crippen molar-refractivity contribution in [3.05, 3.63) is 23.3 Å². The molecule has 1 rings (SSSR count). The lowest BCUT2D eigenvalue weighted by Gasteiger charge is -2.07. The van der Waals surface area contributed by atoms with Gasteiger partial charge in [-0.3, -0.25) is 4.79 Å². The number of aliphatic carboxylic acids is 1. The number of carbonyl (C=O) groups is 1. The molecule has 0 radical (unpaired) electrons. The fourth-order valence-electron chi connectivity index (χ4n) is 1.06. The van der Waals surface area contributed by atoms with Crippen LogP contribution in [0, 0.1) is 5.95 Å². The van der Waals surface area contributed by atoms with Crippen molar-refractivity contribution in [3.8, 4) is 0 Å². The fraction of sp³-hybridized carbons (Fsp3) is 0.250. The molecular weight excluding hydrogens is 213 g/mol. The second-order valence-electron chi connectivity index (χ2n) is 2.78. The van der Waals surface area contributed by atoms with E-state index in [0.717, 1.165) is 6.07 Å². The molecule has 0 spiro atoms. The highest BCUT2D eigenvalue weighted by atomic mass is 19.3. The molecule has 1 aromatic heterocycles. The Morgan fingerprint density at radius 2 is 2.20 bits per heavy atom. The molecule has 15 heavy (non-hydrogen) atoms. The van der Waals surface area contributed by atoms with Crippen LogP contribution in [0.15, 0.2) is 6.07 Å². The maximum Gasteiger partial charge on any atom is 0.307 e. The lowest BCUT2D eigenvalue weighted by molar-refractivity contribution is -0.136. The molecule has 0 saturated carbocycles. The van der Waals surface area contributed by atoms with Gasteiger partial charge < -0.3 is 10.8 Å². The molecule has 1 heterocycles. The first-order valence-corrected chi connectivity index (χ1v) is 3.86. The van der Waals surface area contributed by atoms with E-state index in [1.165, 1.54) is 0 Å². The van der Waals surface area contributed by atoms with Crippen LogP contribution in [0.25, 0.3) is 0 Å². The zero-order chi connectivity index (χ0) is 11.6. The van der Waals surface area contributed by atoms with E-state index in [9.17, 15) is 18.0 Å². The minimum Gasteiger partial charge on any atom is -0.481 e. The summed E-state index contributed by atoms with van der Waals surface area (Å²) in [6.07, 6.45) is -3.70. The first-order chi connectivity index (χ1) is 6.91. The van der Waals surface area contributed by atoms with Gasteiger partial charge in [0.1, 0.15) is 5.69 Å². The van der Waals surface area contributed by atoms with Gasteiger partial charge in [0.2, 0.25) is 5.95 Å². The number of hydrogen-bond donors (Lipinski definition) is 2. The Labute approximate surface area is 82.5 Å². The number of nitrogens with two attached hydrogens (primary N) is 1. The Hall–Kier alpha value is -1.79. The monoisotopic (exact) mass is 220 g/mol. The number of hydrogen-bond acceptors (Lipinski definition) is 3. The Morgan fingerprint density at radius 1 is 1.60 bits per heavy atom. The Bertz CT molecular complexity index is 396. The summed E-state index contributed by atoms with van der Waals surface area (Å²) < 4.78 is 37.4.